The van der Waals surface area contributed by atoms with Crippen LogP contribution in [-0.2, 0) is 11.4 Å². The first-order valence-electron chi connectivity index (χ1n) is 6.41. The minimum Gasteiger partial charge on any atom is -0.381 e. The molecule has 0 atom stereocenters. The molecule has 0 aromatic heterocycles. The summed E-state index contributed by atoms with van der Waals surface area (Å²) in [5.41, 5.74) is 13.2. The summed E-state index contributed by atoms with van der Waals surface area (Å²) in [4.78, 5) is 4.83. The van der Waals surface area contributed by atoms with Gasteiger partial charge in [-0.05, 0) is 42.0 Å². The Morgan fingerprint density at radius 2 is 1.67 bits per heavy atom. The molecular formula is C15H17N5O. The monoisotopic (exact) mass is 283 g/mol. The van der Waals surface area contributed by atoms with Crippen molar-refractivity contribution >= 4 is 17.2 Å². The molecule has 0 fully saturated rings. The van der Waals surface area contributed by atoms with Gasteiger partial charge in [-0.25, -0.2) is 5.53 Å². The van der Waals surface area contributed by atoms with Crippen molar-refractivity contribution in [1.82, 2.24) is 0 Å². The Morgan fingerprint density at radius 3 is 2.24 bits per heavy atom. The lowest BCUT2D eigenvalue weighted by Crippen LogP contribution is -2.01. The molecule has 0 bridgehead atoms. The lowest BCUT2D eigenvalue weighted by atomic mass is 10.1. The van der Waals surface area contributed by atoms with Gasteiger partial charge in [0.15, 0.2) is 5.84 Å². The van der Waals surface area contributed by atoms with Crippen LogP contribution in [0, 0.1) is 10.9 Å². The number of rotatable bonds is 6. The predicted molar refractivity (Wildman–Crippen MR) is 82.8 cm³/mol. The van der Waals surface area contributed by atoms with Gasteiger partial charge >= 0.3 is 0 Å². The smallest absolute Gasteiger partial charge is 0.173 e. The van der Waals surface area contributed by atoms with E-state index in [2.05, 4.69) is 15.9 Å². The van der Waals surface area contributed by atoms with Crippen LogP contribution in [0.5, 0.6) is 0 Å². The van der Waals surface area contributed by atoms with Gasteiger partial charge in [-0.3, -0.25) is 15.7 Å². The number of amidine groups is 1. The molecule has 0 spiro atoms. The van der Waals surface area contributed by atoms with Gasteiger partial charge in [-0.1, -0.05) is 12.1 Å². The summed E-state index contributed by atoms with van der Waals surface area (Å²) in [6.07, 6.45) is 0. The maximum absolute atomic E-state index is 7.45. The number of hydrogen-bond donors (Lipinski definition) is 4. The fourth-order valence-electron chi connectivity index (χ4n) is 1.82. The SMILES string of the molecule is CONc1ccc(CNc2ccc(C(=N)N=N)cc2)cc1. The van der Waals surface area contributed by atoms with Crippen molar-refractivity contribution in [3.63, 3.8) is 0 Å². The summed E-state index contributed by atoms with van der Waals surface area (Å²) in [6.45, 7) is 0.701. The van der Waals surface area contributed by atoms with Gasteiger partial charge in [0.2, 0.25) is 0 Å². The number of nitrogens with one attached hydrogen (secondary N) is 4. The Hall–Kier alpha value is -2.73. The van der Waals surface area contributed by atoms with Crippen LogP contribution < -0.4 is 10.8 Å². The maximum Gasteiger partial charge on any atom is 0.173 e. The third kappa shape index (κ3) is 4.12. The summed E-state index contributed by atoms with van der Waals surface area (Å²) >= 11 is 0. The molecule has 0 radical (unpaired) electrons. The van der Waals surface area contributed by atoms with E-state index in [1.54, 1.807) is 19.2 Å². The first kappa shape index (κ1) is 14.7. The Balaban J connectivity index is 1.93. The molecule has 21 heavy (non-hydrogen) atoms. The Labute approximate surface area is 123 Å². The highest BCUT2D eigenvalue weighted by Crippen LogP contribution is 2.14. The molecule has 4 N–H and O–H groups in total. The minimum absolute atomic E-state index is 0.0391. The number of hydrogen-bond acceptors (Lipinski definition) is 5. The van der Waals surface area contributed by atoms with E-state index in [-0.39, 0.29) is 5.84 Å². The zero-order valence-corrected chi connectivity index (χ0v) is 11.7. The highest BCUT2D eigenvalue weighted by Gasteiger charge is 2.00. The third-order valence-corrected chi connectivity index (χ3v) is 2.94. The van der Waals surface area contributed by atoms with Gasteiger partial charge < -0.3 is 5.32 Å². The first-order chi connectivity index (χ1) is 10.2. The molecule has 6 heteroatoms. The molecule has 0 aliphatic heterocycles. The van der Waals surface area contributed by atoms with E-state index in [1.807, 2.05) is 36.4 Å². The van der Waals surface area contributed by atoms with E-state index < -0.39 is 0 Å². The molecule has 0 saturated heterocycles. The van der Waals surface area contributed by atoms with Crippen LogP contribution in [0.3, 0.4) is 0 Å². The van der Waals surface area contributed by atoms with E-state index in [0.717, 1.165) is 16.9 Å². The Kier molecular flexibility index (Phi) is 5.00. The largest absolute Gasteiger partial charge is 0.381 e. The quantitative estimate of drug-likeness (QED) is 0.282. The number of benzene rings is 2. The van der Waals surface area contributed by atoms with Crippen molar-refractivity contribution < 1.29 is 4.84 Å². The molecule has 0 aliphatic rings. The zero-order valence-electron chi connectivity index (χ0n) is 11.7. The van der Waals surface area contributed by atoms with Crippen LogP contribution in [0.2, 0.25) is 0 Å². The third-order valence-electron chi connectivity index (χ3n) is 2.94. The molecule has 0 heterocycles. The molecule has 0 unspecified atom stereocenters. The summed E-state index contributed by atoms with van der Waals surface area (Å²) < 4.78 is 0. The maximum atomic E-state index is 7.45. The van der Waals surface area contributed by atoms with E-state index in [0.29, 0.717) is 12.1 Å². The van der Waals surface area contributed by atoms with E-state index in [4.69, 9.17) is 15.8 Å². The lowest BCUT2D eigenvalue weighted by molar-refractivity contribution is 0.271. The van der Waals surface area contributed by atoms with E-state index in [1.165, 1.54) is 0 Å². The van der Waals surface area contributed by atoms with Crippen molar-refractivity contribution in [3.05, 3.63) is 59.7 Å². The fourth-order valence-corrected chi connectivity index (χ4v) is 1.82. The molecular weight excluding hydrogens is 266 g/mol. The summed E-state index contributed by atoms with van der Waals surface area (Å²) in [5.74, 6) is -0.0391. The van der Waals surface area contributed by atoms with Gasteiger partial charge in [-0.15, -0.1) is 5.11 Å². The second kappa shape index (κ2) is 7.16. The summed E-state index contributed by atoms with van der Waals surface area (Å²) in [5, 5.41) is 13.8. The van der Waals surface area contributed by atoms with Crippen molar-refractivity contribution in [3.8, 4) is 0 Å². The van der Waals surface area contributed by atoms with Crippen LogP contribution in [0.4, 0.5) is 11.4 Å². The molecule has 108 valence electrons. The second-order valence-corrected chi connectivity index (χ2v) is 4.39. The summed E-state index contributed by atoms with van der Waals surface area (Å²) in [6, 6.07) is 15.2. The van der Waals surface area contributed by atoms with Crippen molar-refractivity contribution in [2.75, 3.05) is 17.9 Å². The normalized spacial score (nSPS) is 9.95. The molecule has 2 aromatic carbocycles. The standard InChI is InChI=1S/C15H17N5O/c1-21-20-14-6-2-11(3-7-14)10-18-13-8-4-12(5-9-13)15(16)19-17/h2-9,16-18,20H,10H2,1H3. The molecule has 6 nitrogen and oxygen atoms in total. The predicted octanol–water partition coefficient (Wildman–Crippen LogP) is 3.63. The van der Waals surface area contributed by atoms with Gasteiger partial charge in [-0.2, -0.15) is 0 Å². The molecule has 2 aromatic rings. The zero-order chi connectivity index (χ0) is 15.1. The Bertz CT molecular complexity index is 607. The van der Waals surface area contributed by atoms with Crippen LogP contribution in [0.1, 0.15) is 11.1 Å². The molecule has 2 rings (SSSR count). The van der Waals surface area contributed by atoms with Gasteiger partial charge in [0, 0.05) is 17.8 Å². The van der Waals surface area contributed by atoms with Crippen LogP contribution in [0.15, 0.2) is 53.6 Å². The van der Waals surface area contributed by atoms with Gasteiger partial charge in [0.05, 0.1) is 12.8 Å². The van der Waals surface area contributed by atoms with Crippen LogP contribution in [-0.4, -0.2) is 12.9 Å². The average Bonchev–Trinajstić information content (AvgIpc) is 2.54. The van der Waals surface area contributed by atoms with Crippen molar-refractivity contribution in [2.45, 2.75) is 6.54 Å². The van der Waals surface area contributed by atoms with E-state index in [9.17, 15) is 0 Å². The highest BCUT2D eigenvalue weighted by atomic mass is 16.6. The van der Waals surface area contributed by atoms with Crippen molar-refractivity contribution in [1.29, 1.82) is 10.9 Å². The first-order valence-corrected chi connectivity index (χ1v) is 6.41. The van der Waals surface area contributed by atoms with Gasteiger partial charge in [0.1, 0.15) is 0 Å². The van der Waals surface area contributed by atoms with Crippen molar-refractivity contribution in [2.24, 2.45) is 5.11 Å². The fraction of sp³-hybridized carbons (Fsp3) is 0.133. The number of anilines is 2. The topological polar surface area (TPSA) is 93.3 Å². The second-order valence-electron chi connectivity index (χ2n) is 4.39. The van der Waals surface area contributed by atoms with Crippen LogP contribution >= 0.6 is 0 Å². The lowest BCUT2D eigenvalue weighted by Gasteiger charge is -2.08. The Morgan fingerprint density at radius 1 is 1.05 bits per heavy atom. The highest BCUT2D eigenvalue weighted by molar-refractivity contribution is 5.96. The minimum atomic E-state index is -0.0391. The molecule has 0 amide bonds. The molecule has 0 aliphatic carbocycles. The summed E-state index contributed by atoms with van der Waals surface area (Å²) in [7, 11) is 1.58. The number of nitrogens with zero attached hydrogens (tertiary/aromatic N) is 1. The van der Waals surface area contributed by atoms with Gasteiger partial charge in [0.25, 0.3) is 0 Å². The molecule has 0 saturated carbocycles. The van der Waals surface area contributed by atoms with E-state index >= 15 is 0 Å². The average molecular weight is 283 g/mol. The van der Waals surface area contributed by atoms with Crippen LogP contribution in [0.25, 0.3) is 0 Å².